The molecule has 5 nitrogen and oxygen atoms in total. The monoisotopic (exact) mass is 273 g/mol. The number of ether oxygens (including phenoxy) is 1. The van der Waals surface area contributed by atoms with Crippen molar-refractivity contribution in [1.82, 2.24) is 4.98 Å². The van der Waals surface area contributed by atoms with Crippen LogP contribution >= 0.6 is 0 Å². The van der Waals surface area contributed by atoms with Gasteiger partial charge in [0.2, 0.25) is 0 Å². The molecule has 1 heterocycles. The maximum atomic E-state index is 12.2. The van der Waals surface area contributed by atoms with E-state index in [9.17, 15) is 14.7 Å². The van der Waals surface area contributed by atoms with Crippen molar-refractivity contribution in [1.29, 1.82) is 0 Å². The zero-order chi connectivity index (χ0) is 14.5. The van der Waals surface area contributed by atoms with E-state index >= 15 is 0 Å². The molecule has 20 heavy (non-hydrogen) atoms. The largest absolute Gasteiger partial charge is 0.506 e. The summed E-state index contributed by atoms with van der Waals surface area (Å²) in [6.07, 6.45) is 2.47. The van der Waals surface area contributed by atoms with Crippen LogP contribution in [0.1, 0.15) is 29.6 Å². The topological polar surface area (TPSA) is 76.5 Å². The normalized spacial score (nSPS) is 10.4. The molecular formula is C15H15NO4. The van der Waals surface area contributed by atoms with E-state index < -0.39 is 0 Å². The Morgan fingerprint density at radius 3 is 2.80 bits per heavy atom. The molecule has 1 N–H and O–H groups in total. The van der Waals surface area contributed by atoms with Gasteiger partial charge in [-0.1, -0.05) is 6.07 Å². The van der Waals surface area contributed by atoms with Crippen LogP contribution in [0.3, 0.4) is 0 Å². The Balaban J connectivity index is 2.18. The number of hydrogen-bond acceptors (Lipinski definition) is 5. The van der Waals surface area contributed by atoms with Crippen molar-refractivity contribution in [2.45, 2.75) is 19.3 Å². The zero-order valence-corrected chi connectivity index (χ0v) is 11.1. The quantitative estimate of drug-likeness (QED) is 0.669. The lowest BCUT2D eigenvalue weighted by Crippen LogP contribution is -2.04. The number of benzene rings is 1. The number of nitrogens with zero attached hydrogens (tertiary/aromatic N) is 1. The Morgan fingerprint density at radius 1 is 1.25 bits per heavy atom. The van der Waals surface area contributed by atoms with Crippen LogP contribution in [0.25, 0.3) is 10.9 Å². The molecule has 0 aliphatic carbocycles. The number of pyridine rings is 1. The van der Waals surface area contributed by atoms with Crippen molar-refractivity contribution in [3.63, 3.8) is 0 Å². The fourth-order valence-corrected chi connectivity index (χ4v) is 2.03. The van der Waals surface area contributed by atoms with Crippen LogP contribution in [0.4, 0.5) is 0 Å². The molecule has 2 rings (SSSR count). The van der Waals surface area contributed by atoms with Crippen LogP contribution < -0.4 is 0 Å². The van der Waals surface area contributed by atoms with Gasteiger partial charge in [-0.3, -0.25) is 14.6 Å². The number of hydrogen-bond donors (Lipinski definition) is 1. The highest BCUT2D eigenvalue weighted by molar-refractivity contribution is 6.08. The van der Waals surface area contributed by atoms with Crippen molar-refractivity contribution < 1.29 is 19.4 Å². The van der Waals surface area contributed by atoms with E-state index in [1.807, 2.05) is 0 Å². The van der Waals surface area contributed by atoms with Gasteiger partial charge in [-0.15, -0.1) is 0 Å². The second-order valence-electron chi connectivity index (χ2n) is 4.38. The predicted octanol–water partition coefficient (Wildman–Crippen LogP) is 2.47. The third kappa shape index (κ3) is 2.93. The molecule has 0 aliphatic rings. The Labute approximate surface area is 116 Å². The molecule has 0 saturated carbocycles. The number of Topliss-reactive ketones (excluding diaryl/α,β-unsaturated/α-hetero) is 1. The van der Waals surface area contributed by atoms with Crippen molar-refractivity contribution in [2.24, 2.45) is 0 Å². The third-order valence-electron chi connectivity index (χ3n) is 3.06. The number of rotatable bonds is 5. The first kappa shape index (κ1) is 14.0. The van der Waals surface area contributed by atoms with E-state index in [0.717, 1.165) is 0 Å². The first-order valence-electron chi connectivity index (χ1n) is 6.30. The second-order valence-corrected chi connectivity index (χ2v) is 4.38. The number of esters is 1. The van der Waals surface area contributed by atoms with Gasteiger partial charge in [-0.25, -0.2) is 0 Å². The SMILES string of the molecule is COC(=O)CCCC(=O)c1ccc(O)c2ncccc12. The Hall–Kier alpha value is -2.43. The number of methoxy groups -OCH3 is 1. The van der Waals surface area contributed by atoms with E-state index in [4.69, 9.17) is 0 Å². The van der Waals surface area contributed by atoms with Gasteiger partial charge < -0.3 is 9.84 Å². The molecule has 104 valence electrons. The Kier molecular flexibility index (Phi) is 4.30. The average molecular weight is 273 g/mol. The van der Waals surface area contributed by atoms with Gasteiger partial charge >= 0.3 is 5.97 Å². The van der Waals surface area contributed by atoms with Gasteiger partial charge in [0.15, 0.2) is 5.78 Å². The molecule has 2 aromatic rings. The lowest BCUT2D eigenvalue weighted by molar-refractivity contribution is -0.140. The van der Waals surface area contributed by atoms with Crippen LogP contribution in [0, 0.1) is 0 Å². The van der Waals surface area contributed by atoms with E-state index in [2.05, 4.69) is 9.72 Å². The molecule has 0 spiro atoms. The van der Waals surface area contributed by atoms with Crippen molar-refractivity contribution >= 4 is 22.7 Å². The van der Waals surface area contributed by atoms with Gasteiger partial charge in [0.25, 0.3) is 0 Å². The molecule has 1 aromatic carbocycles. The van der Waals surface area contributed by atoms with Crippen molar-refractivity contribution in [2.75, 3.05) is 7.11 Å². The Morgan fingerprint density at radius 2 is 2.05 bits per heavy atom. The zero-order valence-electron chi connectivity index (χ0n) is 11.1. The van der Waals surface area contributed by atoms with E-state index in [1.54, 1.807) is 24.4 Å². The van der Waals surface area contributed by atoms with Crippen LogP contribution in [0.15, 0.2) is 30.5 Å². The van der Waals surface area contributed by atoms with Crippen LogP contribution in [-0.2, 0) is 9.53 Å². The summed E-state index contributed by atoms with van der Waals surface area (Å²) in [6.45, 7) is 0. The molecule has 0 atom stereocenters. The van der Waals surface area contributed by atoms with Gasteiger partial charge in [0.05, 0.1) is 7.11 Å². The maximum absolute atomic E-state index is 12.2. The number of carbonyl (C=O) groups is 2. The summed E-state index contributed by atoms with van der Waals surface area (Å²) < 4.78 is 4.53. The number of phenolic OH excluding ortho intramolecular Hbond substituents is 1. The molecule has 0 radical (unpaired) electrons. The summed E-state index contributed by atoms with van der Waals surface area (Å²) in [7, 11) is 1.32. The number of phenols is 1. The lowest BCUT2D eigenvalue weighted by atomic mass is 10.0. The minimum atomic E-state index is -0.324. The van der Waals surface area contributed by atoms with Crippen molar-refractivity contribution in [3.05, 3.63) is 36.0 Å². The fourth-order valence-electron chi connectivity index (χ4n) is 2.03. The second kappa shape index (κ2) is 6.14. The molecule has 0 saturated heterocycles. The summed E-state index contributed by atoms with van der Waals surface area (Å²) in [6, 6.07) is 6.51. The van der Waals surface area contributed by atoms with Gasteiger partial charge in [-0.2, -0.15) is 0 Å². The molecule has 5 heteroatoms. The van der Waals surface area contributed by atoms with E-state index in [-0.39, 0.29) is 30.3 Å². The average Bonchev–Trinajstić information content (AvgIpc) is 2.47. The molecule has 0 unspecified atom stereocenters. The lowest BCUT2D eigenvalue weighted by Gasteiger charge is -2.06. The highest BCUT2D eigenvalue weighted by atomic mass is 16.5. The fraction of sp³-hybridized carbons (Fsp3) is 0.267. The molecule has 0 aliphatic heterocycles. The summed E-state index contributed by atoms with van der Waals surface area (Å²) in [5.41, 5.74) is 0.919. The molecular weight excluding hydrogens is 258 g/mol. The van der Waals surface area contributed by atoms with Gasteiger partial charge in [0, 0.05) is 30.0 Å². The van der Waals surface area contributed by atoms with Crippen LogP contribution in [0.5, 0.6) is 5.75 Å². The summed E-state index contributed by atoms with van der Waals surface area (Å²) >= 11 is 0. The van der Waals surface area contributed by atoms with Crippen molar-refractivity contribution in [3.8, 4) is 5.75 Å². The number of carbonyl (C=O) groups excluding carboxylic acids is 2. The van der Waals surface area contributed by atoms with E-state index in [1.165, 1.54) is 13.2 Å². The number of aromatic nitrogens is 1. The number of ketones is 1. The summed E-state index contributed by atoms with van der Waals surface area (Å²) in [4.78, 5) is 27.3. The summed E-state index contributed by atoms with van der Waals surface area (Å²) in [5.74, 6) is -0.353. The predicted molar refractivity (Wildman–Crippen MR) is 73.6 cm³/mol. The Bertz CT molecular complexity index is 651. The number of aromatic hydroxyl groups is 1. The first-order valence-corrected chi connectivity index (χ1v) is 6.30. The standard InChI is InChI=1S/C15H15NO4/c1-20-14(19)6-2-5-12(17)10-7-8-13(18)15-11(10)4-3-9-16-15/h3-4,7-9,18H,2,5-6H2,1H3. The molecule has 0 fully saturated rings. The number of fused-ring (bicyclic) bond motifs is 1. The van der Waals surface area contributed by atoms with Gasteiger partial charge in [0.1, 0.15) is 11.3 Å². The van der Waals surface area contributed by atoms with Crippen LogP contribution in [0.2, 0.25) is 0 Å². The first-order chi connectivity index (χ1) is 9.63. The molecule has 1 aromatic heterocycles. The minimum Gasteiger partial charge on any atom is -0.506 e. The maximum Gasteiger partial charge on any atom is 0.305 e. The third-order valence-corrected chi connectivity index (χ3v) is 3.06. The van der Waals surface area contributed by atoms with E-state index in [0.29, 0.717) is 22.9 Å². The summed E-state index contributed by atoms with van der Waals surface area (Å²) in [5, 5.41) is 10.3. The van der Waals surface area contributed by atoms with Gasteiger partial charge in [-0.05, 0) is 24.6 Å². The smallest absolute Gasteiger partial charge is 0.305 e. The highest BCUT2D eigenvalue weighted by Crippen LogP contribution is 2.26. The van der Waals surface area contributed by atoms with Crippen LogP contribution in [-0.4, -0.2) is 29.0 Å². The molecule has 0 amide bonds. The highest BCUT2D eigenvalue weighted by Gasteiger charge is 2.13. The minimum absolute atomic E-state index is 0.0479. The molecule has 0 bridgehead atoms.